The van der Waals surface area contributed by atoms with Crippen molar-refractivity contribution in [3.63, 3.8) is 0 Å². The van der Waals surface area contributed by atoms with Gasteiger partial charge in [-0.15, -0.1) is 0 Å². The summed E-state index contributed by atoms with van der Waals surface area (Å²) in [6.45, 7) is 3.85. The molecular weight excluding hydrogens is 289 g/mol. The van der Waals surface area contributed by atoms with Gasteiger partial charge < -0.3 is 4.90 Å². The van der Waals surface area contributed by atoms with Crippen molar-refractivity contribution in [2.45, 2.75) is 6.18 Å². The van der Waals surface area contributed by atoms with Crippen molar-refractivity contribution in [2.24, 2.45) is 0 Å². The van der Waals surface area contributed by atoms with E-state index in [1.54, 1.807) is 6.07 Å². The fourth-order valence-electron chi connectivity index (χ4n) is 2.26. The maximum Gasteiger partial charge on any atom is 0.416 e. The normalized spacial score (nSPS) is 17.9. The van der Waals surface area contributed by atoms with Gasteiger partial charge in [-0.05, 0) is 18.2 Å². The van der Waals surface area contributed by atoms with E-state index < -0.39 is 11.7 Å². The maximum atomic E-state index is 12.7. The summed E-state index contributed by atoms with van der Waals surface area (Å²) in [6.07, 6.45) is -2.43. The van der Waals surface area contributed by atoms with Crippen molar-refractivity contribution in [1.82, 2.24) is 4.90 Å². The fourth-order valence-corrected chi connectivity index (χ4v) is 2.34. The molecule has 6 heteroatoms. The molecule has 110 valence electrons. The zero-order valence-electron chi connectivity index (χ0n) is 10.9. The largest absolute Gasteiger partial charge is 0.416 e. The summed E-state index contributed by atoms with van der Waals surface area (Å²) in [5.41, 5.74) is 1.52. The fraction of sp³-hybridized carbons (Fsp3) is 0.429. The number of rotatable bonds is 3. The third-order valence-electron chi connectivity index (χ3n) is 3.36. The second-order valence-electron chi connectivity index (χ2n) is 4.70. The summed E-state index contributed by atoms with van der Waals surface area (Å²) in [7, 11) is 0. The molecule has 0 aromatic heterocycles. The zero-order valence-corrected chi connectivity index (χ0v) is 11.7. The van der Waals surface area contributed by atoms with Gasteiger partial charge in [-0.3, -0.25) is 4.90 Å². The lowest BCUT2D eigenvalue weighted by molar-refractivity contribution is -0.137. The first-order valence-electron chi connectivity index (χ1n) is 6.40. The summed E-state index contributed by atoms with van der Waals surface area (Å²) in [5.74, 6) is 0. The van der Waals surface area contributed by atoms with Crippen molar-refractivity contribution in [3.8, 4) is 0 Å². The van der Waals surface area contributed by atoms with E-state index in [4.69, 9.17) is 11.6 Å². The van der Waals surface area contributed by atoms with Crippen LogP contribution in [0.1, 0.15) is 5.56 Å². The quantitative estimate of drug-likeness (QED) is 0.842. The topological polar surface area (TPSA) is 6.48 Å². The molecule has 0 radical (unpaired) electrons. The highest BCUT2D eigenvalue weighted by atomic mass is 35.5. The molecule has 0 amide bonds. The van der Waals surface area contributed by atoms with E-state index >= 15 is 0 Å². The van der Waals surface area contributed by atoms with Gasteiger partial charge in [0.2, 0.25) is 0 Å². The van der Waals surface area contributed by atoms with Gasteiger partial charge in [-0.25, -0.2) is 0 Å². The van der Waals surface area contributed by atoms with Crippen LogP contribution in [0.25, 0.3) is 0 Å². The number of hydrogen-bond acceptors (Lipinski definition) is 2. The molecule has 1 heterocycles. The Morgan fingerprint density at radius 3 is 2.45 bits per heavy atom. The minimum Gasteiger partial charge on any atom is -0.369 e. The van der Waals surface area contributed by atoms with Gasteiger partial charge in [-0.2, -0.15) is 13.2 Å². The zero-order chi connectivity index (χ0) is 14.6. The van der Waals surface area contributed by atoms with E-state index in [2.05, 4.69) is 4.90 Å². The second-order valence-corrected chi connectivity index (χ2v) is 4.95. The number of piperazine rings is 1. The van der Waals surface area contributed by atoms with Gasteiger partial charge in [0.1, 0.15) is 0 Å². The third kappa shape index (κ3) is 3.90. The van der Waals surface area contributed by atoms with Crippen LogP contribution < -0.4 is 4.90 Å². The molecule has 1 aromatic carbocycles. The van der Waals surface area contributed by atoms with Crippen LogP contribution in [0.15, 0.2) is 35.9 Å². The van der Waals surface area contributed by atoms with Crippen LogP contribution in [0.2, 0.25) is 0 Å². The summed E-state index contributed by atoms with van der Waals surface area (Å²) < 4.78 is 38.1. The number of benzene rings is 1. The molecule has 2 rings (SSSR count). The van der Waals surface area contributed by atoms with Crippen LogP contribution in [0.5, 0.6) is 0 Å². The van der Waals surface area contributed by atoms with E-state index in [0.717, 1.165) is 38.8 Å². The SMILES string of the molecule is FC(F)(F)c1cccc(N2CCN(C/C=C/Cl)CC2)c1. The molecule has 0 atom stereocenters. The highest BCUT2D eigenvalue weighted by Gasteiger charge is 2.31. The van der Waals surface area contributed by atoms with E-state index in [9.17, 15) is 13.2 Å². The lowest BCUT2D eigenvalue weighted by Gasteiger charge is -2.35. The average molecular weight is 305 g/mol. The summed E-state index contributed by atoms with van der Waals surface area (Å²) in [5, 5.41) is 0. The predicted molar refractivity (Wildman–Crippen MR) is 75.1 cm³/mol. The van der Waals surface area contributed by atoms with E-state index in [0.29, 0.717) is 5.69 Å². The third-order valence-corrected chi connectivity index (χ3v) is 3.54. The van der Waals surface area contributed by atoms with Crippen molar-refractivity contribution in [1.29, 1.82) is 0 Å². The first-order valence-corrected chi connectivity index (χ1v) is 6.84. The number of hydrogen-bond donors (Lipinski definition) is 0. The molecule has 2 nitrogen and oxygen atoms in total. The molecule has 1 aliphatic heterocycles. The molecular formula is C14H16ClF3N2. The van der Waals surface area contributed by atoms with E-state index in [1.807, 2.05) is 11.0 Å². The van der Waals surface area contributed by atoms with E-state index in [1.165, 1.54) is 17.7 Å². The molecule has 1 fully saturated rings. The minimum atomic E-state index is -4.29. The Hall–Kier alpha value is -1.20. The van der Waals surface area contributed by atoms with Crippen LogP contribution in [0, 0.1) is 0 Å². The lowest BCUT2D eigenvalue weighted by Crippen LogP contribution is -2.46. The second kappa shape index (κ2) is 6.50. The van der Waals surface area contributed by atoms with Gasteiger partial charge in [0.25, 0.3) is 0 Å². The first kappa shape index (κ1) is 15.2. The number of anilines is 1. The number of alkyl halides is 3. The van der Waals surface area contributed by atoms with Crippen LogP contribution in [0.3, 0.4) is 0 Å². The van der Waals surface area contributed by atoms with Gasteiger partial charge in [0.15, 0.2) is 0 Å². The van der Waals surface area contributed by atoms with Gasteiger partial charge in [0.05, 0.1) is 5.56 Å². The molecule has 0 aliphatic carbocycles. The maximum absolute atomic E-state index is 12.7. The summed E-state index contributed by atoms with van der Waals surface area (Å²) >= 11 is 5.48. The first-order chi connectivity index (χ1) is 9.50. The van der Waals surface area contributed by atoms with Crippen molar-refractivity contribution in [2.75, 3.05) is 37.6 Å². The average Bonchev–Trinajstić information content (AvgIpc) is 2.45. The molecule has 1 aromatic rings. The molecule has 1 saturated heterocycles. The van der Waals surface area contributed by atoms with Gasteiger partial charge >= 0.3 is 6.18 Å². The Balaban J connectivity index is 2.00. The minimum absolute atomic E-state index is 0.595. The molecule has 0 spiro atoms. The molecule has 0 N–H and O–H groups in total. The molecule has 0 unspecified atom stereocenters. The Bertz CT molecular complexity index is 466. The summed E-state index contributed by atoms with van der Waals surface area (Å²) in [4.78, 5) is 4.19. The Morgan fingerprint density at radius 1 is 1.15 bits per heavy atom. The standard InChI is InChI=1S/C14H16ClF3N2/c15-5-2-6-19-7-9-20(10-8-19)13-4-1-3-12(11-13)14(16,17)18/h1-5,11H,6-10H2/b5-2+. The highest BCUT2D eigenvalue weighted by molar-refractivity contribution is 6.25. The van der Waals surface area contributed by atoms with Crippen molar-refractivity contribution >= 4 is 17.3 Å². The molecule has 0 bridgehead atoms. The van der Waals surface area contributed by atoms with Crippen LogP contribution in [-0.2, 0) is 6.18 Å². The smallest absolute Gasteiger partial charge is 0.369 e. The number of nitrogens with zero attached hydrogens (tertiary/aromatic N) is 2. The Kier molecular flexibility index (Phi) is 4.94. The number of halogens is 4. The van der Waals surface area contributed by atoms with Gasteiger partial charge in [-0.1, -0.05) is 23.7 Å². The lowest BCUT2D eigenvalue weighted by atomic mass is 10.1. The van der Waals surface area contributed by atoms with Crippen LogP contribution in [0.4, 0.5) is 18.9 Å². The molecule has 20 heavy (non-hydrogen) atoms. The van der Waals surface area contributed by atoms with Crippen LogP contribution >= 0.6 is 11.6 Å². The molecule has 1 aliphatic rings. The summed E-state index contributed by atoms with van der Waals surface area (Å²) in [6, 6.07) is 5.50. The highest BCUT2D eigenvalue weighted by Crippen LogP contribution is 2.31. The van der Waals surface area contributed by atoms with Crippen molar-refractivity contribution < 1.29 is 13.2 Å². The predicted octanol–water partition coefficient (Wildman–Crippen LogP) is 3.58. The van der Waals surface area contributed by atoms with Crippen molar-refractivity contribution in [3.05, 3.63) is 41.4 Å². The van der Waals surface area contributed by atoms with E-state index in [-0.39, 0.29) is 0 Å². The van der Waals surface area contributed by atoms with Gasteiger partial charge in [0, 0.05) is 43.9 Å². The Morgan fingerprint density at radius 2 is 1.85 bits per heavy atom. The monoisotopic (exact) mass is 304 g/mol. The molecule has 0 saturated carbocycles. The Labute approximate surface area is 121 Å². The van der Waals surface area contributed by atoms with Crippen LogP contribution in [-0.4, -0.2) is 37.6 Å².